The maximum atomic E-state index is 14.2. The summed E-state index contributed by atoms with van der Waals surface area (Å²) < 4.78 is 7.49. The second-order valence-corrected chi connectivity index (χ2v) is 10.1. The van der Waals surface area contributed by atoms with Gasteiger partial charge in [-0.05, 0) is 62.2 Å². The summed E-state index contributed by atoms with van der Waals surface area (Å²) in [5.41, 5.74) is 2.94. The van der Waals surface area contributed by atoms with E-state index in [1.54, 1.807) is 12.0 Å². The average molecular weight is 508 g/mol. The van der Waals surface area contributed by atoms with Crippen LogP contribution in [0.5, 0.6) is 5.75 Å². The number of ether oxygens (including phenoxy) is 1. The van der Waals surface area contributed by atoms with E-state index in [1.165, 1.54) is 0 Å². The fourth-order valence-electron chi connectivity index (χ4n) is 4.69. The number of unbranched alkanes of at least 4 members (excludes halogenated alkanes) is 1. The Kier molecular flexibility index (Phi) is 7.74. The molecule has 6 nitrogen and oxygen atoms in total. The first-order valence-corrected chi connectivity index (χ1v) is 12.9. The number of anilines is 1. The van der Waals surface area contributed by atoms with E-state index in [-0.39, 0.29) is 30.3 Å². The van der Waals surface area contributed by atoms with Gasteiger partial charge in [0.2, 0.25) is 11.8 Å². The van der Waals surface area contributed by atoms with Gasteiger partial charge in [0.1, 0.15) is 18.3 Å². The number of aromatic nitrogens is 1. The summed E-state index contributed by atoms with van der Waals surface area (Å²) in [6, 6.07) is 19.4. The largest absolute Gasteiger partial charge is 0.497 e. The van der Waals surface area contributed by atoms with Gasteiger partial charge in [-0.15, -0.1) is 11.6 Å². The Balaban J connectivity index is 1.78. The fourth-order valence-corrected chi connectivity index (χ4v) is 4.80. The molecule has 2 amide bonds. The standard InChI is InChI=1S/C29H34ClN3O3/c1-5-6-17-31(28(35)29(2,3)20-30)19-26(34)33-24-11-8-7-10-23(24)32-18-9-12-25(32)27(33)21-13-15-22(36-4)16-14-21/h7-16,18,27H,5-6,17,19-20H2,1-4H3. The maximum absolute atomic E-state index is 14.2. The van der Waals surface area contributed by atoms with Crippen LogP contribution in [0, 0.1) is 5.41 Å². The number of fused-ring (bicyclic) bond motifs is 3. The van der Waals surface area contributed by atoms with Gasteiger partial charge in [-0.1, -0.05) is 37.6 Å². The van der Waals surface area contributed by atoms with Crippen molar-refractivity contribution in [2.45, 2.75) is 39.7 Å². The molecular weight excluding hydrogens is 474 g/mol. The Hall–Kier alpha value is -3.25. The number of hydrogen-bond acceptors (Lipinski definition) is 3. The van der Waals surface area contributed by atoms with Crippen molar-refractivity contribution in [2.75, 3.05) is 31.0 Å². The lowest BCUT2D eigenvalue weighted by Gasteiger charge is -2.40. The number of halogens is 1. The summed E-state index contributed by atoms with van der Waals surface area (Å²) >= 11 is 6.13. The first-order valence-electron chi connectivity index (χ1n) is 12.4. The van der Waals surface area contributed by atoms with Crippen LogP contribution in [0.15, 0.2) is 66.9 Å². The molecule has 0 bridgehead atoms. The summed E-state index contributed by atoms with van der Waals surface area (Å²) in [4.78, 5) is 31.1. The van der Waals surface area contributed by atoms with E-state index >= 15 is 0 Å². The van der Waals surface area contributed by atoms with Crippen LogP contribution < -0.4 is 9.64 Å². The summed E-state index contributed by atoms with van der Waals surface area (Å²) in [5.74, 6) is 0.708. The SMILES string of the molecule is CCCCN(CC(=O)N1c2ccccc2-n2cccc2C1c1ccc(OC)cc1)C(=O)C(C)(C)CCl. The highest BCUT2D eigenvalue weighted by Crippen LogP contribution is 2.42. The number of nitrogens with zero attached hydrogens (tertiary/aromatic N) is 3. The van der Waals surface area contributed by atoms with Crippen molar-refractivity contribution in [3.8, 4) is 11.4 Å². The van der Waals surface area contributed by atoms with Gasteiger partial charge in [-0.2, -0.15) is 0 Å². The summed E-state index contributed by atoms with van der Waals surface area (Å²) in [5, 5.41) is 0. The monoisotopic (exact) mass is 507 g/mol. The molecule has 1 aromatic heterocycles. The molecule has 0 saturated carbocycles. The highest BCUT2D eigenvalue weighted by molar-refractivity contribution is 6.20. The Morgan fingerprint density at radius 1 is 1.03 bits per heavy atom. The third kappa shape index (κ3) is 4.87. The third-order valence-electron chi connectivity index (χ3n) is 6.73. The van der Waals surface area contributed by atoms with Gasteiger partial charge < -0.3 is 14.2 Å². The summed E-state index contributed by atoms with van der Waals surface area (Å²) in [6.07, 6.45) is 3.76. The molecule has 0 radical (unpaired) electrons. The van der Waals surface area contributed by atoms with E-state index in [9.17, 15) is 9.59 Å². The van der Waals surface area contributed by atoms with Crippen molar-refractivity contribution in [2.24, 2.45) is 5.41 Å². The smallest absolute Gasteiger partial charge is 0.247 e. The highest BCUT2D eigenvalue weighted by Gasteiger charge is 2.38. The molecule has 190 valence electrons. The molecule has 0 aliphatic carbocycles. The van der Waals surface area contributed by atoms with Gasteiger partial charge in [0.15, 0.2) is 0 Å². The number of hydrogen-bond donors (Lipinski definition) is 0. The molecule has 7 heteroatoms. The minimum Gasteiger partial charge on any atom is -0.497 e. The molecule has 0 saturated heterocycles. The van der Waals surface area contributed by atoms with Crippen LogP contribution in [0.1, 0.15) is 50.9 Å². The second-order valence-electron chi connectivity index (χ2n) is 9.83. The fraction of sp³-hybridized carbons (Fsp3) is 0.379. The number of amides is 2. The van der Waals surface area contributed by atoms with Crippen LogP contribution in [0.2, 0.25) is 0 Å². The predicted molar refractivity (Wildman–Crippen MR) is 144 cm³/mol. The zero-order chi connectivity index (χ0) is 25.9. The van der Waals surface area contributed by atoms with Crippen molar-refractivity contribution in [3.05, 3.63) is 78.1 Å². The molecular formula is C29H34ClN3O3. The molecule has 1 unspecified atom stereocenters. The zero-order valence-electron chi connectivity index (χ0n) is 21.4. The molecule has 1 aliphatic heterocycles. The number of para-hydroxylation sites is 2. The first kappa shape index (κ1) is 25.8. The lowest BCUT2D eigenvalue weighted by Crippen LogP contribution is -2.50. The molecule has 3 aromatic rings. The molecule has 2 heterocycles. The van der Waals surface area contributed by atoms with Crippen LogP contribution in [-0.2, 0) is 9.59 Å². The van der Waals surface area contributed by atoms with Crippen LogP contribution in [-0.4, -0.2) is 47.4 Å². The topological polar surface area (TPSA) is 54.8 Å². The quantitative estimate of drug-likeness (QED) is 0.343. The van der Waals surface area contributed by atoms with Crippen molar-refractivity contribution in [1.82, 2.24) is 9.47 Å². The van der Waals surface area contributed by atoms with Gasteiger partial charge in [0.25, 0.3) is 0 Å². The minimum absolute atomic E-state index is 0.0130. The Labute approximate surface area is 218 Å². The molecule has 0 N–H and O–H groups in total. The molecule has 0 fully saturated rings. The Morgan fingerprint density at radius 3 is 2.36 bits per heavy atom. The van der Waals surface area contributed by atoms with E-state index in [0.29, 0.717) is 6.54 Å². The van der Waals surface area contributed by atoms with E-state index in [0.717, 1.165) is 41.2 Å². The lowest BCUT2D eigenvalue weighted by atomic mass is 9.94. The van der Waals surface area contributed by atoms with Crippen LogP contribution >= 0.6 is 11.6 Å². The van der Waals surface area contributed by atoms with Gasteiger partial charge >= 0.3 is 0 Å². The molecule has 36 heavy (non-hydrogen) atoms. The van der Waals surface area contributed by atoms with Crippen molar-refractivity contribution < 1.29 is 14.3 Å². The number of alkyl halides is 1. The number of rotatable bonds is 9. The molecule has 1 atom stereocenters. The molecule has 2 aromatic carbocycles. The van der Waals surface area contributed by atoms with E-state index in [1.807, 2.05) is 85.6 Å². The molecule has 1 aliphatic rings. The van der Waals surface area contributed by atoms with Crippen LogP contribution in [0.4, 0.5) is 5.69 Å². The number of benzene rings is 2. The van der Waals surface area contributed by atoms with E-state index < -0.39 is 5.41 Å². The highest BCUT2D eigenvalue weighted by atomic mass is 35.5. The van der Waals surface area contributed by atoms with Crippen LogP contribution in [0.25, 0.3) is 5.69 Å². The van der Waals surface area contributed by atoms with Gasteiger partial charge in [0, 0.05) is 18.6 Å². The summed E-state index contributed by atoms with van der Waals surface area (Å²) in [7, 11) is 1.64. The van der Waals surface area contributed by atoms with Crippen molar-refractivity contribution in [3.63, 3.8) is 0 Å². The number of methoxy groups -OCH3 is 1. The lowest BCUT2D eigenvalue weighted by molar-refractivity contribution is -0.142. The average Bonchev–Trinajstić information content (AvgIpc) is 3.39. The first-order chi connectivity index (χ1) is 17.3. The minimum atomic E-state index is -0.751. The summed E-state index contributed by atoms with van der Waals surface area (Å²) in [6.45, 7) is 6.23. The number of carbonyl (C=O) groups is 2. The third-order valence-corrected chi connectivity index (χ3v) is 7.40. The maximum Gasteiger partial charge on any atom is 0.247 e. The van der Waals surface area contributed by atoms with Gasteiger partial charge in [-0.3, -0.25) is 14.5 Å². The van der Waals surface area contributed by atoms with Gasteiger partial charge in [0.05, 0.1) is 29.6 Å². The van der Waals surface area contributed by atoms with Crippen LogP contribution in [0.3, 0.4) is 0 Å². The van der Waals surface area contributed by atoms with Crippen molar-refractivity contribution >= 4 is 29.1 Å². The van der Waals surface area contributed by atoms with E-state index in [4.69, 9.17) is 16.3 Å². The second kappa shape index (κ2) is 10.8. The zero-order valence-corrected chi connectivity index (χ0v) is 22.2. The van der Waals surface area contributed by atoms with Crippen molar-refractivity contribution in [1.29, 1.82) is 0 Å². The predicted octanol–water partition coefficient (Wildman–Crippen LogP) is 5.82. The number of carbonyl (C=O) groups excluding carboxylic acids is 2. The Bertz CT molecular complexity index is 1220. The molecule has 4 rings (SSSR count). The Morgan fingerprint density at radius 2 is 1.72 bits per heavy atom. The van der Waals surface area contributed by atoms with E-state index in [2.05, 4.69) is 11.5 Å². The molecule has 0 spiro atoms. The van der Waals surface area contributed by atoms with Gasteiger partial charge in [-0.25, -0.2) is 0 Å². The normalized spacial score (nSPS) is 14.7.